The lowest BCUT2D eigenvalue weighted by Gasteiger charge is -2.20. The average Bonchev–Trinajstić information content (AvgIpc) is 3.25. The maximum atomic E-state index is 5.45. The van der Waals surface area contributed by atoms with E-state index in [9.17, 15) is 0 Å². The monoisotopic (exact) mass is 426 g/mol. The van der Waals surface area contributed by atoms with Crippen LogP contribution in [-0.4, -0.2) is 53.0 Å². The average molecular weight is 427 g/mol. The molecule has 0 radical (unpaired) electrons. The molecule has 1 unspecified atom stereocenters. The zero-order chi connectivity index (χ0) is 22.2. The van der Waals surface area contributed by atoms with E-state index < -0.39 is 0 Å². The van der Waals surface area contributed by atoms with Crippen LogP contribution in [0.2, 0.25) is 0 Å². The number of nitrogens with zero attached hydrogens (tertiary/aromatic N) is 2. The fourth-order valence-electron chi connectivity index (χ4n) is 3.78. The van der Waals surface area contributed by atoms with Gasteiger partial charge in [0.15, 0.2) is 17.5 Å². The molecule has 0 amide bonds. The number of anilines is 1. The molecule has 1 aliphatic heterocycles. The van der Waals surface area contributed by atoms with Gasteiger partial charge in [-0.1, -0.05) is 17.7 Å². The van der Waals surface area contributed by atoms with Crippen molar-refractivity contribution >= 4 is 11.6 Å². The van der Waals surface area contributed by atoms with Gasteiger partial charge < -0.3 is 29.7 Å². The highest BCUT2D eigenvalue weighted by atomic mass is 16.5. The van der Waals surface area contributed by atoms with Crippen LogP contribution >= 0.6 is 0 Å². The Morgan fingerprint density at radius 2 is 1.74 bits per heavy atom. The predicted molar refractivity (Wildman–Crippen MR) is 126 cm³/mol. The zero-order valence-corrected chi connectivity index (χ0v) is 19.2. The number of benzene rings is 2. The molecule has 1 aliphatic rings. The van der Waals surface area contributed by atoms with Crippen LogP contribution in [0.1, 0.15) is 24.5 Å². The molecule has 7 heteroatoms. The number of aliphatic imine (C=N–C) groups is 1. The third kappa shape index (κ3) is 5.75. The van der Waals surface area contributed by atoms with Crippen molar-refractivity contribution in [2.24, 2.45) is 4.99 Å². The molecule has 0 spiro atoms. The summed E-state index contributed by atoms with van der Waals surface area (Å²) in [5, 5.41) is 6.94. The number of hydrogen-bond acceptors (Lipinski definition) is 5. The first-order valence-electron chi connectivity index (χ1n) is 10.7. The van der Waals surface area contributed by atoms with E-state index in [2.05, 4.69) is 53.6 Å². The first kappa shape index (κ1) is 22.6. The largest absolute Gasteiger partial charge is 0.493 e. The molecule has 31 heavy (non-hydrogen) atoms. The quantitative estimate of drug-likeness (QED) is 0.498. The normalized spacial score (nSPS) is 16.2. The molecule has 7 nitrogen and oxygen atoms in total. The van der Waals surface area contributed by atoms with Crippen LogP contribution < -0.4 is 29.7 Å². The fourth-order valence-corrected chi connectivity index (χ4v) is 3.78. The number of hydrogen-bond donors (Lipinski definition) is 2. The third-order valence-electron chi connectivity index (χ3n) is 5.42. The summed E-state index contributed by atoms with van der Waals surface area (Å²) in [7, 11) is 4.85. The van der Waals surface area contributed by atoms with E-state index in [0.29, 0.717) is 29.8 Å². The molecule has 1 fully saturated rings. The van der Waals surface area contributed by atoms with Crippen molar-refractivity contribution in [1.29, 1.82) is 0 Å². The first-order chi connectivity index (χ1) is 15.1. The minimum atomic E-state index is 0.346. The highest BCUT2D eigenvalue weighted by Gasteiger charge is 2.23. The summed E-state index contributed by atoms with van der Waals surface area (Å²) in [6, 6.07) is 12.9. The molecule has 2 aromatic rings. The summed E-state index contributed by atoms with van der Waals surface area (Å²) in [6.45, 7) is 7.48. The molecular weight excluding hydrogens is 392 g/mol. The molecule has 3 rings (SSSR count). The minimum absolute atomic E-state index is 0.346. The Bertz CT molecular complexity index is 858. The van der Waals surface area contributed by atoms with Gasteiger partial charge in [0.05, 0.1) is 27.9 Å². The summed E-state index contributed by atoms with van der Waals surface area (Å²) in [5.74, 6) is 2.67. The van der Waals surface area contributed by atoms with Gasteiger partial charge in [-0.25, -0.2) is 4.99 Å². The second kappa shape index (κ2) is 10.8. The maximum Gasteiger partial charge on any atom is 0.203 e. The van der Waals surface area contributed by atoms with E-state index in [-0.39, 0.29) is 0 Å². The van der Waals surface area contributed by atoms with Crippen molar-refractivity contribution in [3.63, 3.8) is 0 Å². The summed E-state index contributed by atoms with van der Waals surface area (Å²) in [4.78, 5) is 7.20. The first-order valence-corrected chi connectivity index (χ1v) is 10.7. The summed E-state index contributed by atoms with van der Waals surface area (Å²) in [5.41, 5.74) is 3.54. The van der Waals surface area contributed by atoms with Gasteiger partial charge in [-0.3, -0.25) is 0 Å². The molecule has 0 bridgehead atoms. The van der Waals surface area contributed by atoms with Crippen LogP contribution in [0.3, 0.4) is 0 Å². The Morgan fingerprint density at radius 1 is 1.06 bits per heavy atom. The second-order valence-electron chi connectivity index (χ2n) is 7.64. The molecule has 2 aromatic carbocycles. The number of guanidine groups is 1. The molecule has 1 heterocycles. The van der Waals surface area contributed by atoms with Gasteiger partial charge in [0, 0.05) is 31.4 Å². The van der Waals surface area contributed by atoms with Gasteiger partial charge in [-0.2, -0.15) is 0 Å². The number of ether oxygens (including phenoxy) is 3. The molecule has 0 saturated carbocycles. The number of rotatable bonds is 8. The Hall–Kier alpha value is -3.09. The Balaban J connectivity index is 1.67. The van der Waals surface area contributed by atoms with Gasteiger partial charge in [0.1, 0.15) is 0 Å². The molecular formula is C24H34N4O3. The van der Waals surface area contributed by atoms with Crippen molar-refractivity contribution in [3.05, 3.63) is 47.5 Å². The predicted octanol–water partition coefficient (Wildman–Crippen LogP) is 3.35. The second-order valence-corrected chi connectivity index (χ2v) is 7.64. The third-order valence-corrected chi connectivity index (χ3v) is 5.42. The molecule has 0 aromatic heterocycles. The summed E-state index contributed by atoms with van der Waals surface area (Å²) >= 11 is 0. The van der Waals surface area contributed by atoms with Crippen LogP contribution in [-0.2, 0) is 6.54 Å². The fraction of sp³-hybridized carbons (Fsp3) is 0.458. The molecule has 1 saturated heterocycles. The Kier molecular flexibility index (Phi) is 7.87. The van der Waals surface area contributed by atoms with Gasteiger partial charge in [-0.05, 0) is 50.1 Å². The van der Waals surface area contributed by atoms with Crippen LogP contribution in [0, 0.1) is 6.92 Å². The van der Waals surface area contributed by atoms with Crippen molar-refractivity contribution in [2.75, 3.05) is 45.9 Å². The minimum Gasteiger partial charge on any atom is -0.493 e. The number of nitrogens with one attached hydrogen (secondary N) is 2. The molecule has 1 atom stereocenters. The van der Waals surface area contributed by atoms with Gasteiger partial charge in [0.25, 0.3) is 0 Å². The van der Waals surface area contributed by atoms with Crippen molar-refractivity contribution < 1.29 is 14.2 Å². The van der Waals surface area contributed by atoms with E-state index in [1.807, 2.05) is 12.1 Å². The van der Waals surface area contributed by atoms with E-state index in [1.54, 1.807) is 21.3 Å². The topological polar surface area (TPSA) is 67.4 Å². The van der Waals surface area contributed by atoms with Crippen LogP contribution in [0.25, 0.3) is 0 Å². The van der Waals surface area contributed by atoms with Crippen LogP contribution in [0.15, 0.2) is 41.4 Å². The van der Waals surface area contributed by atoms with E-state index in [0.717, 1.165) is 37.6 Å². The lowest BCUT2D eigenvalue weighted by Crippen LogP contribution is -2.44. The van der Waals surface area contributed by atoms with E-state index in [1.165, 1.54) is 11.3 Å². The molecule has 2 N–H and O–H groups in total. The van der Waals surface area contributed by atoms with E-state index in [4.69, 9.17) is 19.2 Å². The van der Waals surface area contributed by atoms with E-state index >= 15 is 0 Å². The van der Waals surface area contributed by atoms with Crippen molar-refractivity contribution in [1.82, 2.24) is 10.6 Å². The Labute approximate surface area is 185 Å². The maximum absolute atomic E-state index is 5.45. The highest BCUT2D eigenvalue weighted by Crippen LogP contribution is 2.38. The van der Waals surface area contributed by atoms with Gasteiger partial charge in [-0.15, -0.1) is 0 Å². The highest BCUT2D eigenvalue weighted by molar-refractivity contribution is 5.80. The lowest BCUT2D eigenvalue weighted by atomic mass is 10.2. The molecule has 0 aliphatic carbocycles. The molecule has 168 valence electrons. The SMILES string of the molecule is CCNC(=NCc1cc(OC)c(OC)c(OC)c1)NC1CCN(c2ccc(C)cc2)C1. The van der Waals surface area contributed by atoms with Crippen LogP contribution in [0.4, 0.5) is 5.69 Å². The van der Waals surface area contributed by atoms with Crippen molar-refractivity contribution in [3.8, 4) is 17.2 Å². The Morgan fingerprint density at radius 3 is 2.32 bits per heavy atom. The van der Waals surface area contributed by atoms with Gasteiger partial charge in [0.2, 0.25) is 5.75 Å². The lowest BCUT2D eigenvalue weighted by molar-refractivity contribution is 0.324. The number of methoxy groups -OCH3 is 3. The van der Waals surface area contributed by atoms with Crippen molar-refractivity contribution in [2.45, 2.75) is 32.9 Å². The summed E-state index contributed by atoms with van der Waals surface area (Å²) < 4.78 is 16.3. The van der Waals surface area contributed by atoms with Gasteiger partial charge >= 0.3 is 0 Å². The number of aryl methyl sites for hydroxylation is 1. The smallest absolute Gasteiger partial charge is 0.203 e. The standard InChI is InChI=1S/C24H34N4O3/c1-6-25-24(26-15-18-13-21(29-3)23(31-5)22(14-18)30-4)27-19-11-12-28(16-19)20-9-7-17(2)8-10-20/h7-10,13-14,19H,6,11-12,15-16H2,1-5H3,(H2,25,26,27). The van der Waals surface area contributed by atoms with Crippen LogP contribution in [0.5, 0.6) is 17.2 Å². The summed E-state index contributed by atoms with van der Waals surface area (Å²) in [6.07, 6.45) is 1.07. The zero-order valence-electron chi connectivity index (χ0n) is 19.2.